The number of alkyl halides is 3. The van der Waals surface area contributed by atoms with Crippen LogP contribution in [-0.4, -0.2) is 55.4 Å². The molecule has 0 bridgehead atoms. The lowest BCUT2D eigenvalue weighted by molar-refractivity contribution is -0.00596. The van der Waals surface area contributed by atoms with Crippen LogP contribution in [0.1, 0.15) is 34.5 Å². The second-order valence-corrected chi connectivity index (χ2v) is 9.90. The first-order chi connectivity index (χ1) is 14.1. The smallest absolute Gasteiger partial charge is 0.290 e. The van der Waals surface area contributed by atoms with Crippen molar-refractivity contribution in [3.63, 3.8) is 0 Å². The zero-order chi connectivity index (χ0) is 21.7. The fraction of sp³-hybridized carbons (Fsp3) is 0.450. The molecule has 2 aromatic rings. The van der Waals surface area contributed by atoms with Gasteiger partial charge in [0, 0.05) is 35.9 Å². The monoisotopic (exact) mass is 439 g/mol. The third-order valence-electron chi connectivity index (χ3n) is 5.48. The predicted molar refractivity (Wildman–Crippen MR) is 105 cm³/mol. The number of ketones is 1. The summed E-state index contributed by atoms with van der Waals surface area (Å²) in [5, 5.41) is 0. The van der Waals surface area contributed by atoms with Crippen molar-refractivity contribution in [3.8, 4) is 11.3 Å². The van der Waals surface area contributed by atoms with Crippen molar-refractivity contribution < 1.29 is 26.4 Å². The topological polar surface area (TPSA) is 80.2 Å². The maximum Gasteiger partial charge on any atom is 0.290 e. The van der Waals surface area contributed by atoms with Crippen LogP contribution in [0.2, 0.25) is 0 Å². The lowest BCUT2D eigenvalue weighted by atomic mass is 10.0. The van der Waals surface area contributed by atoms with Crippen molar-refractivity contribution in [2.24, 2.45) is 0 Å². The molecular formula is C20H20F3N3O3S. The number of rotatable bonds is 6. The second kappa shape index (κ2) is 7.33. The minimum atomic E-state index is -3.46. The maximum absolute atomic E-state index is 14.4. The van der Waals surface area contributed by atoms with E-state index in [4.69, 9.17) is 0 Å². The number of carbonyl (C=O) groups is 1. The highest BCUT2D eigenvalue weighted by Crippen LogP contribution is 2.44. The number of Topliss-reactive ketones (excluding diaryl/α,β-unsaturated/α-hetero) is 1. The quantitative estimate of drug-likeness (QED) is 0.644. The van der Waals surface area contributed by atoms with Gasteiger partial charge in [-0.3, -0.25) is 4.79 Å². The number of sulfone groups is 1. The van der Waals surface area contributed by atoms with Gasteiger partial charge in [0.25, 0.3) is 5.92 Å². The first-order valence-corrected chi connectivity index (χ1v) is 11.6. The van der Waals surface area contributed by atoms with Crippen molar-refractivity contribution in [3.05, 3.63) is 41.1 Å². The summed E-state index contributed by atoms with van der Waals surface area (Å²) in [4.78, 5) is 22.2. The summed E-state index contributed by atoms with van der Waals surface area (Å²) < 4.78 is 64.7. The fourth-order valence-corrected chi connectivity index (χ4v) is 4.42. The molecule has 1 fully saturated rings. The van der Waals surface area contributed by atoms with E-state index in [1.54, 1.807) is 17.0 Å². The van der Waals surface area contributed by atoms with Crippen molar-refractivity contribution in [2.75, 3.05) is 30.1 Å². The van der Waals surface area contributed by atoms with E-state index in [0.717, 1.165) is 6.26 Å². The van der Waals surface area contributed by atoms with E-state index >= 15 is 0 Å². The molecule has 1 aliphatic heterocycles. The van der Waals surface area contributed by atoms with Crippen molar-refractivity contribution in [2.45, 2.75) is 31.2 Å². The third-order valence-corrected chi connectivity index (χ3v) is 6.27. The standard InChI is InChI=1S/C20H20F3N3O3S/c1-30(28,29)11-16(27)12-2-4-13(5-3-12)17-15-6-8-20(22,23)18(15)25-19(24-17)26-9-7-14(26)10-21/h2-5,14H,6-11H2,1H3/t14-/m1/s1. The summed E-state index contributed by atoms with van der Waals surface area (Å²) in [6.45, 7) is -0.110. The minimum absolute atomic E-state index is 0.0801. The number of hydrogen-bond donors (Lipinski definition) is 0. The van der Waals surface area contributed by atoms with E-state index in [1.165, 1.54) is 12.1 Å². The van der Waals surface area contributed by atoms with Crippen LogP contribution in [0.3, 0.4) is 0 Å². The SMILES string of the molecule is CS(=O)(=O)CC(=O)c1ccc(-c2nc(N3CC[C@@H]3CF)nc3c2CCC3(F)F)cc1. The van der Waals surface area contributed by atoms with Crippen LogP contribution in [0.15, 0.2) is 24.3 Å². The lowest BCUT2D eigenvalue weighted by Gasteiger charge is -2.39. The summed E-state index contributed by atoms with van der Waals surface area (Å²) in [7, 11) is -3.46. The summed E-state index contributed by atoms with van der Waals surface area (Å²) >= 11 is 0. The molecule has 0 unspecified atom stereocenters. The molecule has 1 aromatic heterocycles. The van der Waals surface area contributed by atoms with Gasteiger partial charge < -0.3 is 4.90 Å². The molecule has 1 atom stereocenters. The second-order valence-electron chi connectivity index (χ2n) is 7.76. The van der Waals surface area contributed by atoms with Crippen molar-refractivity contribution >= 4 is 21.6 Å². The van der Waals surface area contributed by atoms with E-state index < -0.39 is 40.0 Å². The Balaban J connectivity index is 1.73. The molecule has 160 valence electrons. The number of halogens is 3. The normalized spacial score (nSPS) is 20.0. The Kier molecular flexibility index (Phi) is 5.08. The zero-order valence-electron chi connectivity index (χ0n) is 16.2. The molecule has 0 saturated carbocycles. The van der Waals surface area contributed by atoms with Gasteiger partial charge in [-0.2, -0.15) is 8.78 Å². The van der Waals surface area contributed by atoms with Gasteiger partial charge in [-0.1, -0.05) is 24.3 Å². The molecule has 0 spiro atoms. The van der Waals surface area contributed by atoms with Gasteiger partial charge in [0.1, 0.15) is 18.1 Å². The summed E-state index contributed by atoms with van der Waals surface area (Å²) in [5.41, 5.74) is 1.07. The molecule has 30 heavy (non-hydrogen) atoms. The van der Waals surface area contributed by atoms with Crippen molar-refractivity contribution in [1.29, 1.82) is 0 Å². The van der Waals surface area contributed by atoms with Crippen molar-refractivity contribution in [1.82, 2.24) is 9.97 Å². The number of hydrogen-bond acceptors (Lipinski definition) is 6. The Morgan fingerprint density at radius 3 is 2.50 bits per heavy atom. The highest BCUT2D eigenvalue weighted by molar-refractivity contribution is 7.91. The van der Waals surface area contributed by atoms with E-state index in [0.29, 0.717) is 29.8 Å². The van der Waals surface area contributed by atoms with Gasteiger partial charge in [0.05, 0.1) is 11.7 Å². The molecule has 1 aromatic carbocycles. The van der Waals surface area contributed by atoms with Crippen LogP contribution in [-0.2, 0) is 22.2 Å². The van der Waals surface area contributed by atoms with Crippen LogP contribution in [0, 0.1) is 0 Å². The zero-order valence-corrected chi connectivity index (χ0v) is 17.1. The number of nitrogens with zero attached hydrogens (tertiary/aromatic N) is 3. The van der Waals surface area contributed by atoms with E-state index in [1.807, 2.05) is 0 Å². The fourth-order valence-electron chi connectivity index (χ4n) is 3.78. The Labute approximate surface area is 172 Å². The molecule has 1 aliphatic carbocycles. The van der Waals surface area contributed by atoms with E-state index in [9.17, 15) is 26.4 Å². The van der Waals surface area contributed by atoms with Crippen LogP contribution >= 0.6 is 0 Å². The first kappa shape index (κ1) is 20.8. The van der Waals surface area contributed by atoms with E-state index in [-0.39, 0.29) is 30.0 Å². The molecule has 0 radical (unpaired) electrons. The molecule has 4 rings (SSSR count). The van der Waals surface area contributed by atoms with E-state index in [2.05, 4.69) is 9.97 Å². The summed E-state index contributed by atoms with van der Waals surface area (Å²) in [6.07, 6.45) is 1.33. The number of aromatic nitrogens is 2. The molecule has 2 aliphatic rings. The number of anilines is 1. The largest absolute Gasteiger partial charge is 0.335 e. The average Bonchev–Trinajstić information content (AvgIpc) is 2.94. The first-order valence-electron chi connectivity index (χ1n) is 9.52. The number of benzene rings is 1. The van der Waals surface area contributed by atoms with Gasteiger partial charge >= 0.3 is 0 Å². The molecule has 6 nitrogen and oxygen atoms in total. The van der Waals surface area contributed by atoms with Gasteiger partial charge in [0.15, 0.2) is 15.6 Å². The average molecular weight is 439 g/mol. The minimum Gasteiger partial charge on any atom is -0.335 e. The van der Waals surface area contributed by atoms with Crippen LogP contribution < -0.4 is 4.90 Å². The Morgan fingerprint density at radius 2 is 1.93 bits per heavy atom. The highest BCUT2D eigenvalue weighted by Gasteiger charge is 2.44. The van der Waals surface area contributed by atoms with Gasteiger partial charge in [-0.15, -0.1) is 0 Å². The lowest BCUT2D eigenvalue weighted by Crippen LogP contribution is -2.50. The summed E-state index contributed by atoms with van der Waals surface area (Å²) in [5.74, 6) is -4.15. The number of carbonyl (C=O) groups excluding carboxylic acids is 1. The number of fused-ring (bicyclic) bond motifs is 1. The maximum atomic E-state index is 14.4. The van der Waals surface area contributed by atoms with Crippen LogP contribution in [0.4, 0.5) is 19.1 Å². The Bertz CT molecular complexity index is 1100. The molecular weight excluding hydrogens is 419 g/mol. The van der Waals surface area contributed by atoms with Gasteiger partial charge in [0.2, 0.25) is 5.95 Å². The Hall–Kier alpha value is -2.49. The third kappa shape index (κ3) is 3.80. The Morgan fingerprint density at radius 1 is 1.23 bits per heavy atom. The highest BCUT2D eigenvalue weighted by atomic mass is 32.2. The molecule has 2 heterocycles. The van der Waals surface area contributed by atoms with Crippen LogP contribution in [0.25, 0.3) is 11.3 Å². The molecule has 1 saturated heterocycles. The summed E-state index contributed by atoms with van der Waals surface area (Å²) in [6, 6.07) is 5.61. The van der Waals surface area contributed by atoms with Crippen LogP contribution in [0.5, 0.6) is 0 Å². The van der Waals surface area contributed by atoms with Gasteiger partial charge in [-0.05, 0) is 12.8 Å². The molecule has 10 heteroatoms. The van der Waals surface area contributed by atoms with Gasteiger partial charge in [-0.25, -0.2) is 22.8 Å². The predicted octanol–water partition coefficient (Wildman–Crippen LogP) is 2.96. The molecule has 0 amide bonds. The molecule has 0 N–H and O–H groups in total.